The van der Waals surface area contributed by atoms with E-state index in [0.717, 1.165) is 54.4 Å². The maximum absolute atomic E-state index is 13.5. The van der Waals surface area contributed by atoms with E-state index in [1.807, 2.05) is 42.6 Å². The molecule has 51 heavy (non-hydrogen) atoms. The molecule has 0 unspecified atom stereocenters. The molecule has 2 aliphatic rings. The van der Waals surface area contributed by atoms with Gasteiger partial charge in [0.2, 0.25) is 0 Å². The number of rotatable bonds is 4. The highest BCUT2D eigenvalue weighted by atomic mass is 32.1. The van der Waals surface area contributed by atoms with Crippen LogP contribution >= 0.6 is 11.3 Å². The molecule has 0 atom stereocenters. The lowest BCUT2D eigenvalue weighted by Crippen LogP contribution is -2.17. The molecule has 0 spiro atoms. The van der Waals surface area contributed by atoms with Crippen molar-refractivity contribution < 1.29 is 9.59 Å². The highest BCUT2D eigenvalue weighted by Crippen LogP contribution is 2.53. The monoisotopic (exact) mass is 686 g/mol. The van der Waals surface area contributed by atoms with E-state index in [0.29, 0.717) is 11.1 Å². The molecule has 6 aromatic rings. The van der Waals surface area contributed by atoms with Crippen LogP contribution in [0.5, 0.6) is 0 Å². The third kappa shape index (κ3) is 5.46. The molecular weight excluding hydrogens is 645 g/mol. The topological polar surface area (TPSA) is 50.3 Å². The second-order valence-corrected chi connectivity index (χ2v) is 17.6. The summed E-state index contributed by atoms with van der Waals surface area (Å²) in [6.45, 7) is 17.9. The Hall–Kier alpha value is -5.13. The molecule has 0 aliphatic heterocycles. The van der Waals surface area contributed by atoms with E-state index in [2.05, 4.69) is 121 Å². The van der Waals surface area contributed by atoms with Crippen molar-refractivity contribution in [1.82, 2.24) is 4.98 Å². The second-order valence-electron chi connectivity index (χ2n) is 16.5. The first-order valence-electron chi connectivity index (χ1n) is 17.6. The summed E-state index contributed by atoms with van der Waals surface area (Å²) in [5, 5.41) is 1.92. The van der Waals surface area contributed by atoms with Crippen molar-refractivity contribution in [2.75, 3.05) is 4.90 Å². The fourth-order valence-corrected chi connectivity index (χ4v) is 8.72. The largest absolute Gasteiger partial charge is 0.309 e. The number of fused-ring (bicyclic) bond motifs is 5. The zero-order valence-electron chi connectivity index (χ0n) is 30.5. The maximum Gasteiger partial charge on any atom is 0.197 e. The Kier molecular flexibility index (Phi) is 7.41. The van der Waals surface area contributed by atoms with Crippen molar-refractivity contribution >= 4 is 56.8 Å². The Labute approximate surface area is 304 Å². The quantitative estimate of drug-likeness (QED) is 0.137. The second kappa shape index (κ2) is 11.4. The van der Waals surface area contributed by atoms with E-state index in [-0.39, 0.29) is 33.4 Å². The van der Waals surface area contributed by atoms with E-state index >= 15 is 0 Å². The summed E-state index contributed by atoms with van der Waals surface area (Å²) in [7, 11) is 0. The van der Waals surface area contributed by atoms with E-state index < -0.39 is 0 Å². The smallest absolute Gasteiger partial charge is 0.197 e. The van der Waals surface area contributed by atoms with Crippen molar-refractivity contribution in [3.8, 4) is 10.6 Å². The summed E-state index contributed by atoms with van der Waals surface area (Å²) in [6, 6.07) is 33.7. The van der Waals surface area contributed by atoms with Crippen molar-refractivity contribution in [3.63, 3.8) is 0 Å². The number of nitrogens with zero attached hydrogens (tertiary/aromatic N) is 2. The zero-order chi connectivity index (χ0) is 36.0. The van der Waals surface area contributed by atoms with Gasteiger partial charge in [-0.25, -0.2) is 0 Å². The highest BCUT2D eigenvalue weighted by molar-refractivity contribution is 7.16. The van der Waals surface area contributed by atoms with Crippen LogP contribution < -0.4 is 4.90 Å². The molecule has 8 rings (SSSR count). The third-order valence-electron chi connectivity index (χ3n) is 10.6. The molecule has 2 aromatic heterocycles. The summed E-state index contributed by atoms with van der Waals surface area (Å²) in [6.07, 6.45) is 3.76. The predicted octanol–water partition coefficient (Wildman–Crippen LogP) is 12.1. The lowest BCUT2D eigenvalue weighted by molar-refractivity contribution is 0.0990. The lowest BCUT2D eigenvalue weighted by Gasteiger charge is -2.29. The van der Waals surface area contributed by atoms with E-state index in [4.69, 9.17) is 4.98 Å². The minimum atomic E-state index is -0.330. The first-order valence-corrected chi connectivity index (χ1v) is 18.4. The number of anilines is 3. The van der Waals surface area contributed by atoms with Crippen LogP contribution in [0.4, 0.5) is 17.1 Å². The third-order valence-corrected chi connectivity index (χ3v) is 11.7. The van der Waals surface area contributed by atoms with Crippen molar-refractivity contribution in [2.45, 2.75) is 71.6 Å². The number of allylic oxidation sites excluding steroid dienone is 1. The molecule has 0 fully saturated rings. The first kappa shape index (κ1) is 33.0. The maximum atomic E-state index is 13.5. The van der Waals surface area contributed by atoms with Gasteiger partial charge in [-0.05, 0) is 98.5 Å². The van der Waals surface area contributed by atoms with Gasteiger partial charge in [0.15, 0.2) is 11.6 Å². The summed E-state index contributed by atoms with van der Waals surface area (Å²) >= 11 is 1.60. The van der Waals surface area contributed by atoms with Crippen molar-refractivity contribution in [3.05, 3.63) is 147 Å². The Bertz CT molecular complexity index is 2320. The number of Topliss-reactive ketones (excluding diaryl/α,β-unsaturated/α-hetero) is 2. The fraction of sp³-hybridized carbons (Fsp3) is 0.239. The molecule has 0 radical (unpaired) electrons. The molecule has 0 saturated heterocycles. The molecular formula is C46H42N2O2S. The van der Waals surface area contributed by atoms with Crippen LogP contribution in [0.1, 0.15) is 103 Å². The number of benzene rings is 4. The Morgan fingerprint density at radius 1 is 0.647 bits per heavy atom. The molecule has 5 heteroatoms. The number of pyridine rings is 1. The Balaban J connectivity index is 1.18. The first-order chi connectivity index (χ1) is 24.1. The van der Waals surface area contributed by atoms with E-state index in [1.165, 1.54) is 11.1 Å². The molecule has 0 N–H and O–H groups in total. The van der Waals surface area contributed by atoms with Gasteiger partial charge in [-0.1, -0.05) is 104 Å². The summed E-state index contributed by atoms with van der Waals surface area (Å²) in [5.74, 6) is -0.411. The van der Waals surface area contributed by atoms with Crippen molar-refractivity contribution in [2.24, 2.45) is 0 Å². The zero-order valence-corrected chi connectivity index (χ0v) is 31.3. The minimum absolute atomic E-state index is 0.0556. The van der Waals surface area contributed by atoms with Gasteiger partial charge in [0.25, 0.3) is 0 Å². The van der Waals surface area contributed by atoms with E-state index in [1.54, 1.807) is 17.4 Å². The van der Waals surface area contributed by atoms with Gasteiger partial charge in [0.1, 0.15) is 0 Å². The molecule has 0 saturated carbocycles. The van der Waals surface area contributed by atoms with Crippen LogP contribution in [0.2, 0.25) is 0 Å². The van der Waals surface area contributed by atoms with Gasteiger partial charge >= 0.3 is 0 Å². The lowest BCUT2D eigenvalue weighted by atomic mass is 9.83. The van der Waals surface area contributed by atoms with Gasteiger partial charge in [0.05, 0.1) is 28.0 Å². The van der Waals surface area contributed by atoms with Crippen LogP contribution in [0.15, 0.2) is 109 Å². The standard InChI is InChI=1S/C46H42N2O2S/c1-44(2,3)29-13-17-31(18-14-29)48(32-19-15-30(16-20-32)45(4,5)6)33-23-38-40(47-26-33)43-39(46(38,7)8)25-34(51-43)24-37-41(49)35-21-27-11-9-10-12-28(27)22-36(35)42(37)50/h9-26H,1-8H3. The number of aromatic nitrogens is 1. The summed E-state index contributed by atoms with van der Waals surface area (Å²) < 4.78 is 0. The number of carbonyl (C=O) groups is 2. The highest BCUT2D eigenvalue weighted by Gasteiger charge is 2.40. The predicted molar refractivity (Wildman–Crippen MR) is 212 cm³/mol. The fourth-order valence-electron chi connectivity index (χ4n) is 7.45. The minimum Gasteiger partial charge on any atom is -0.309 e. The number of hydrogen-bond acceptors (Lipinski definition) is 5. The Morgan fingerprint density at radius 3 is 1.65 bits per heavy atom. The van der Waals surface area contributed by atoms with Crippen LogP contribution in [0, 0.1) is 0 Å². The number of thiophene rings is 1. The van der Waals surface area contributed by atoms with Gasteiger partial charge in [-0.15, -0.1) is 11.3 Å². The van der Waals surface area contributed by atoms with Gasteiger partial charge < -0.3 is 4.90 Å². The van der Waals surface area contributed by atoms with E-state index in [9.17, 15) is 9.59 Å². The molecule has 2 aliphatic carbocycles. The van der Waals surface area contributed by atoms with Gasteiger partial charge in [0, 0.05) is 32.8 Å². The van der Waals surface area contributed by atoms with Crippen LogP contribution in [-0.2, 0) is 16.2 Å². The van der Waals surface area contributed by atoms with Crippen molar-refractivity contribution in [1.29, 1.82) is 0 Å². The van der Waals surface area contributed by atoms with Crippen LogP contribution in [0.3, 0.4) is 0 Å². The molecule has 4 nitrogen and oxygen atoms in total. The Morgan fingerprint density at radius 2 is 1.16 bits per heavy atom. The van der Waals surface area contributed by atoms with Gasteiger partial charge in [-0.2, -0.15) is 0 Å². The summed E-state index contributed by atoms with van der Waals surface area (Å²) in [4.78, 5) is 36.5. The average molecular weight is 687 g/mol. The summed E-state index contributed by atoms with van der Waals surface area (Å²) in [5.41, 5.74) is 9.99. The molecule has 4 aromatic carbocycles. The average Bonchev–Trinajstić information content (AvgIpc) is 3.69. The number of hydrogen-bond donors (Lipinski definition) is 0. The van der Waals surface area contributed by atoms with Gasteiger partial charge in [-0.3, -0.25) is 14.6 Å². The SMILES string of the molecule is CC(C)(C)c1ccc(N(c2ccc(C(C)(C)C)cc2)c2cnc3c(c2)C(C)(C)c2cc(C=C4C(=O)c5cc6ccccc6cc5C4=O)sc2-3)cc1. The number of carbonyl (C=O) groups excluding carboxylic acids is 2. The number of ketones is 2. The molecule has 2 heterocycles. The van der Waals surface area contributed by atoms with Crippen LogP contribution in [0.25, 0.3) is 27.4 Å². The molecule has 254 valence electrons. The van der Waals surface area contributed by atoms with Crippen LogP contribution in [-0.4, -0.2) is 16.6 Å². The molecule has 0 amide bonds. The normalized spacial score (nSPS) is 14.9. The molecule has 0 bridgehead atoms.